The van der Waals surface area contributed by atoms with E-state index in [9.17, 15) is 10.2 Å². The Labute approximate surface area is 205 Å². The molecule has 0 aliphatic carbocycles. The molecule has 1 atom stereocenters. The van der Waals surface area contributed by atoms with Gasteiger partial charge in [0.05, 0.1) is 27.4 Å². The Kier molecular flexibility index (Phi) is 7.50. The number of phenolic OH excluding ortho intramolecular Hbond substituents is 1. The van der Waals surface area contributed by atoms with Crippen LogP contribution in [0.25, 0.3) is 0 Å². The minimum absolute atomic E-state index is 0.0826. The predicted molar refractivity (Wildman–Crippen MR) is 131 cm³/mol. The van der Waals surface area contributed by atoms with E-state index in [1.807, 2.05) is 30.3 Å². The molecule has 1 heterocycles. The van der Waals surface area contributed by atoms with Crippen LogP contribution in [0.15, 0.2) is 60.7 Å². The Morgan fingerprint density at radius 3 is 2.26 bits per heavy atom. The molecule has 1 fully saturated rings. The Bertz CT molecular complexity index is 1130. The molecular weight excluding hydrogens is 448 g/mol. The van der Waals surface area contributed by atoms with Crippen LogP contribution in [-0.2, 0) is 16.1 Å². The van der Waals surface area contributed by atoms with Gasteiger partial charge in [-0.05, 0) is 35.4 Å². The number of hydrogen-bond donors (Lipinski definition) is 2. The second-order valence-corrected chi connectivity index (χ2v) is 9.37. The first-order valence-corrected chi connectivity index (χ1v) is 11.5. The number of phenols is 1. The van der Waals surface area contributed by atoms with Crippen molar-refractivity contribution in [2.45, 2.75) is 32.8 Å². The van der Waals surface area contributed by atoms with Crippen molar-refractivity contribution in [3.63, 3.8) is 0 Å². The van der Waals surface area contributed by atoms with Gasteiger partial charge in [-0.2, -0.15) is 0 Å². The molecular formula is C28H32O7. The third-order valence-electron chi connectivity index (χ3n) is 5.90. The maximum Gasteiger partial charge on any atom is 0.183 e. The first-order chi connectivity index (χ1) is 16.8. The maximum atomic E-state index is 11.2. The van der Waals surface area contributed by atoms with Gasteiger partial charge in [0.25, 0.3) is 0 Å². The molecule has 0 amide bonds. The zero-order valence-electron chi connectivity index (χ0n) is 20.5. The summed E-state index contributed by atoms with van der Waals surface area (Å²) in [6, 6.07) is 18.3. The zero-order valence-corrected chi connectivity index (χ0v) is 20.5. The van der Waals surface area contributed by atoms with Crippen molar-refractivity contribution >= 4 is 0 Å². The van der Waals surface area contributed by atoms with Gasteiger partial charge in [0, 0.05) is 16.5 Å². The molecule has 0 spiro atoms. The van der Waals surface area contributed by atoms with E-state index in [4.69, 9.17) is 23.7 Å². The average molecular weight is 481 g/mol. The number of hydrogen-bond acceptors (Lipinski definition) is 7. The van der Waals surface area contributed by atoms with E-state index in [2.05, 4.69) is 13.8 Å². The molecule has 2 N–H and O–H groups in total. The second kappa shape index (κ2) is 10.6. The van der Waals surface area contributed by atoms with Gasteiger partial charge in [-0.3, -0.25) is 0 Å². The summed E-state index contributed by atoms with van der Waals surface area (Å²) in [7, 11) is 3.00. The van der Waals surface area contributed by atoms with Gasteiger partial charge in [0.15, 0.2) is 29.3 Å². The summed E-state index contributed by atoms with van der Waals surface area (Å²) in [6.07, 6.45) is -1.77. The summed E-state index contributed by atoms with van der Waals surface area (Å²) in [6.45, 7) is 5.57. The monoisotopic (exact) mass is 480 g/mol. The molecule has 1 aliphatic rings. The Balaban J connectivity index is 1.59. The SMILES string of the molecule is COc1cc(C(O)c2cc(C3OCC(C)(C)CO3)cc(OC)c2O)ccc1OCc1ccccc1. The van der Waals surface area contributed by atoms with E-state index >= 15 is 0 Å². The molecule has 0 radical (unpaired) electrons. The number of methoxy groups -OCH3 is 2. The van der Waals surface area contributed by atoms with Crippen molar-refractivity contribution in [3.8, 4) is 23.0 Å². The van der Waals surface area contributed by atoms with Crippen molar-refractivity contribution < 1.29 is 33.9 Å². The van der Waals surface area contributed by atoms with Crippen molar-refractivity contribution in [1.82, 2.24) is 0 Å². The van der Waals surface area contributed by atoms with Gasteiger partial charge in [0.2, 0.25) is 0 Å². The zero-order chi connectivity index (χ0) is 25.0. The molecule has 1 aliphatic heterocycles. The van der Waals surface area contributed by atoms with Crippen molar-refractivity contribution in [2.24, 2.45) is 5.41 Å². The molecule has 186 valence electrons. The van der Waals surface area contributed by atoms with Crippen LogP contribution < -0.4 is 14.2 Å². The number of aromatic hydroxyl groups is 1. The lowest BCUT2D eigenvalue weighted by atomic mass is 9.94. The molecule has 4 rings (SSSR count). The topological polar surface area (TPSA) is 86.6 Å². The standard InChI is InChI=1S/C28H32O7/c1-28(2)16-34-27(35-17-28)20-12-21(26(30)24(14-20)32-4)25(29)19-10-11-22(23(13-19)31-3)33-15-18-8-6-5-7-9-18/h5-14,25,27,29-30H,15-17H2,1-4H3. The Hall–Kier alpha value is -3.26. The lowest BCUT2D eigenvalue weighted by Gasteiger charge is -2.35. The summed E-state index contributed by atoms with van der Waals surface area (Å²) in [4.78, 5) is 0. The Morgan fingerprint density at radius 1 is 0.914 bits per heavy atom. The molecule has 35 heavy (non-hydrogen) atoms. The largest absolute Gasteiger partial charge is 0.504 e. The third-order valence-corrected chi connectivity index (χ3v) is 5.90. The van der Waals surface area contributed by atoms with Crippen LogP contribution in [0.5, 0.6) is 23.0 Å². The highest BCUT2D eigenvalue weighted by molar-refractivity contribution is 5.53. The van der Waals surface area contributed by atoms with Gasteiger partial charge >= 0.3 is 0 Å². The molecule has 7 heteroatoms. The van der Waals surface area contributed by atoms with Gasteiger partial charge in [-0.1, -0.05) is 50.2 Å². The molecule has 1 saturated heterocycles. The van der Waals surface area contributed by atoms with Gasteiger partial charge in [0.1, 0.15) is 12.7 Å². The summed E-state index contributed by atoms with van der Waals surface area (Å²) in [5.74, 6) is 1.10. The van der Waals surface area contributed by atoms with Crippen molar-refractivity contribution in [3.05, 3.63) is 82.9 Å². The second-order valence-electron chi connectivity index (χ2n) is 9.37. The molecule has 1 unspecified atom stereocenters. The van der Waals surface area contributed by atoms with E-state index in [0.29, 0.717) is 42.4 Å². The fourth-order valence-corrected chi connectivity index (χ4v) is 3.92. The molecule has 3 aromatic rings. The molecule has 0 bridgehead atoms. The normalized spacial score (nSPS) is 16.5. The fourth-order valence-electron chi connectivity index (χ4n) is 3.92. The quantitative estimate of drug-likeness (QED) is 0.462. The van der Waals surface area contributed by atoms with E-state index in [1.165, 1.54) is 7.11 Å². The lowest BCUT2D eigenvalue weighted by molar-refractivity contribution is -0.226. The van der Waals surface area contributed by atoms with Gasteiger partial charge in [-0.15, -0.1) is 0 Å². The summed E-state index contributed by atoms with van der Waals surface area (Å²) < 4.78 is 28.6. The first kappa shape index (κ1) is 24.9. The number of ether oxygens (including phenoxy) is 5. The molecule has 3 aromatic carbocycles. The highest BCUT2D eigenvalue weighted by Crippen LogP contribution is 2.42. The van der Waals surface area contributed by atoms with Crippen LogP contribution in [-0.4, -0.2) is 37.6 Å². The summed E-state index contributed by atoms with van der Waals surface area (Å²) in [5, 5.41) is 22.0. The molecule has 7 nitrogen and oxygen atoms in total. The van der Waals surface area contributed by atoms with Crippen molar-refractivity contribution in [1.29, 1.82) is 0 Å². The number of aliphatic hydroxyl groups excluding tert-OH is 1. The fraction of sp³-hybridized carbons (Fsp3) is 0.357. The number of aliphatic hydroxyl groups is 1. The lowest BCUT2D eigenvalue weighted by Crippen LogP contribution is -2.33. The van der Waals surface area contributed by atoms with Crippen molar-refractivity contribution in [2.75, 3.05) is 27.4 Å². The van der Waals surface area contributed by atoms with Crippen LogP contribution >= 0.6 is 0 Å². The third kappa shape index (κ3) is 5.70. The Morgan fingerprint density at radius 2 is 1.60 bits per heavy atom. The minimum atomic E-state index is -1.15. The first-order valence-electron chi connectivity index (χ1n) is 11.5. The number of rotatable bonds is 8. The predicted octanol–water partition coefficient (Wildman–Crippen LogP) is 5.14. The maximum absolute atomic E-state index is 11.2. The highest BCUT2D eigenvalue weighted by atomic mass is 16.7. The smallest absolute Gasteiger partial charge is 0.183 e. The highest BCUT2D eigenvalue weighted by Gasteiger charge is 2.31. The van der Waals surface area contributed by atoms with Crippen LogP contribution in [0.4, 0.5) is 0 Å². The molecule has 0 saturated carbocycles. The van der Waals surface area contributed by atoms with Crippen LogP contribution in [0.2, 0.25) is 0 Å². The van der Waals surface area contributed by atoms with Gasteiger partial charge < -0.3 is 33.9 Å². The van der Waals surface area contributed by atoms with Crippen LogP contribution in [0.1, 0.15) is 48.5 Å². The van der Waals surface area contributed by atoms with E-state index < -0.39 is 12.4 Å². The summed E-state index contributed by atoms with van der Waals surface area (Å²) in [5.41, 5.74) is 2.40. The van der Waals surface area contributed by atoms with E-state index in [-0.39, 0.29) is 22.5 Å². The van der Waals surface area contributed by atoms with Gasteiger partial charge in [-0.25, -0.2) is 0 Å². The van der Waals surface area contributed by atoms with E-state index in [0.717, 1.165) is 5.56 Å². The summed E-state index contributed by atoms with van der Waals surface area (Å²) >= 11 is 0. The van der Waals surface area contributed by atoms with E-state index in [1.54, 1.807) is 37.4 Å². The molecule has 0 aromatic heterocycles. The minimum Gasteiger partial charge on any atom is -0.504 e. The van der Waals surface area contributed by atoms with Crippen LogP contribution in [0.3, 0.4) is 0 Å². The number of benzene rings is 3. The average Bonchev–Trinajstić information content (AvgIpc) is 2.88. The van der Waals surface area contributed by atoms with Crippen LogP contribution in [0, 0.1) is 5.41 Å².